The Morgan fingerprint density at radius 3 is 0.843 bits per heavy atom. The Balaban J connectivity index is -0.00000169. The maximum absolute atomic E-state index is 13.0. The number of carbonyl (C=O) groups excluding carboxylic acids is 13. The largest absolute Gasteiger partial charge is 0.480 e. The highest BCUT2D eigenvalue weighted by Gasteiger charge is 2.35. The van der Waals surface area contributed by atoms with Crippen molar-refractivity contribution in [2.24, 2.45) is 5.73 Å². The van der Waals surface area contributed by atoms with Crippen LogP contribution in [0.25, 0.3) is 0 Å². The van der Waals surface area contributed by atoms with E-state index in [9.17, 15) is 67.1 Å². The molecule has 7 amide bonds. The molecule has 0 aromatic rings. The Bertz CT molecular complexity index is 2570. The van der Waals surface area contributed by atoms with E-state index in [0.29, 0.717) is 65.6 Å². The van der Waals surface area contributed by atoms with Crippen molar-refractivity contribution >= 4 is 83.5 Å². The molecule has 0 aliphatic carbocycles. The van der Waals surface area contributed by atoms with Crippen LogP contribution in [0.2, 0.25) is 0 Å². The monoisotopic (exact) mass is 1670 g/mol. The van der Waals surface area contributed by atoms with E-state index in [1.54, 1.807) is 83.1 Å². The lowest BCUT2D eigenvalue weighted by atomic mass is 10.0. The van der Waals surface area contributed by atoms with Crippen LogP contribution in [0.15, 0.2) is 0 Å². The van der Waals surface area contributed by atoms with Gasteiger partial charge in [-0.3, -0.25) is 57.6 Å². The number of aliphatic carboxylic acids is 1. The molecule has 1 heterocycles. The van der Waals surface area contributed by atoms with Gasteiger partial charge in [-0.1, -0.05) is 0 Å². The number of imide groups is 1. The van der Waals surface area contributed by atoms with Crippen molar-refractivity contribution in [3.63, 3.8) is 0 Å². The maximum atomic E-state index is 13.0. The lowest BCUT2D eigenvalue weighted by molar-refractivity contribution is -0.147. The number of rotatable bonds is 63. The third-order valence-electron chi connectivity index (χ3n) is 13.2. The molecule has 0 radical (unpaired) electrons. The molecule has 42 heteroatoms. The molecule has 1 aliphatic heterocycles. The van der Waals surface area contributed by atoms with Gasteiger partial charge in [0.05, 0.1) is 216 Å². The highest BCUT2D eigenvalue weighted by Crippen LogP contribution is 2.13. The molecule has 1 rings (SSSR count). The van der Waals surface area contributed by atoms with Crippen LogP contribution in [-0.2, 0) is 152 Å². The van der Waals surface area contributed by atoms with Gasteiger partial charge >= 0.3 is 54.0 Å². The fraction of sp³-hybridized carbons (Fsp3) is 0.808. The number of carboxylic acids is 1. The molecule has 0 aromatic heterocycles. The first-order valence-corrected chi connectivity index (χ1v) is 38.0. The molecule has 42 nitrogen and oxygen atoms in total. The molecule has 1 aliphatic rings. The standard InChI is InChI=1S/C34H61N3O16.C19H35NO9.C15H28N2O8.C5H7NO2/c1-7-50-29(40)10-15-46-24-34(25-47-16-11-30(41)51-8-2,26-48-17-12-31(42)52-9-3)37-28(39)23-49-22-27(38)35-13-18-44-20-21-45-19-14-36-32(43)53-33(4,5)6;1-4-27-16(21)7-10-24-13-19(20,14-25-11-8-17(22)28-5-2)15-26-12-9-18(23)29-6-3;1-15(2,3)25-14(21)17-5-7-23-9-8-22-6-4-16-12(18)10-24-11-13(19)20;1-6-4(7)2-3-5(6)8/h7-26H2,1-6H3,(H,35,38)(H,36,43)(H,37,39);4-15,20H2,1-3H3;4-11H2,1-3H3,(H,16,18)(H,17,21)(H,19,20);2-3H2,1H3. The van der Waals surface area contributed by atoms with Gasteiger partial charge in [0, 0.05) is 46.1 Å². The fourth-order valence-electron chi connectivity index (χ4n) is 8.16. The van der Waals surface area contributed by atoms with Crippen molar-refractivity contribution in [1.29, 1.82) is 0 Å². The van der Waals surface area contributed by atoms with E-state index in [2.05, 4.69) is 31.3 Å². The van der Waals surface area contributed by atoms with Crippen LogP contribution in [0.1, 0.15) is 134 Å². The van der Waals surface area contributed by atoms with Gasteiger partial charge in [-0.25, -0.2) is 14.4 Å². The second kappa shape index (κ2) is 71.2. The predicted octanol–water partition coefficient (Wildman–Crippen LogP) is 0.562. The Kier molecular flexibility index (Phi) is 68.7. The van der Waals surface area contributed by atoms with E-state index in [1.807, 2.05) is 0 Å². The number of likely N-dealkylation sites (tertiary alicyclic amines) is 1. The third kappa shape index (κ3) is 74.4. The number of nitrogens with two attached hydrogens (primary N) is 1. The van der Waals surface area contributed by atoms with E-state index in [0.717, 1.165) is 0 Å². The number of hydrogen-bond acceptors (Lipinski definition) is 35. The summed E-state index contributed by atoms with van der Waals surface area (Å²) in [6, 6.07) is 0. The normalized spacial score (nSPS) is 11.9. The van der Waals surface area contributed by atoms with Crippen molar-refractivity contribution in [3.8, 4) is 0 Å². The van der Waals surface area contributed by atoms with Crippen molar-refractivity contribution < 1.29 is 167 Å². The number of amides is 7. The SMILES string of the molecule is CC(C)(C)OC(=O)NCCOCCOCCNC(=O)COCC(=O)O.CCOC(=O)CCOCC(COCCC(=O)OCC)(COCCC(=O)OCC)NC(=O)COCC(=O)NCCOCCOCCNC(=O)OC(C)(C)C.CCOC(=O)CCOCC(N)(COCCC(=O)OCC)COCCC(=O)OCC.CN1C(=O)CCC1=O. The molecule has 0 bridgehead atoms. The van der Waals surface area contributed by atoms with Gasteiger partial charge in [-0.05, 0) is 83.1 Å². The zero-order chi connectivity index (χ0) is 87.0. The Labute approximate surface area is 673 Å². The highest BCUT2D eigenvalue weighted by molar-refractivity contribution is 6.01. The second-order valence-corrected chi connectivity index (χ2v) is 26.1. The molecule has 1 saturated heterocycles. The lowest BCUT2D eigenvalue weighted by Gasteiger charge is -2.34. The van der Waals surface area contributed by atoms with Gasteiger partial charge in [-0.2, -0.15) is 0 Å². The minimum atomic E-state index is -1.35. The third-order valence-corrected chi connectivity index (χ3v) is 13.2. The van der Waals surface area contributed by atoms with Gasteiger partial charge in [-0.15, -0.1) is 0 Å². The molecular weight excluding hydrogens is 1530 g/mol. The number of carboxylic acid groups (broad SMARTS) is 1. The highest BCUT2D eigenvalue weighted by atomic mass is 16.6. The van der Waals surface area contributed by atoms with Gasteiger partial charge in [0.25, 0.3) is 0 Å². The summed E-state index contributed by atoms with van der Waals surface area (Å²) in [5.74, 6) is -5.24. The lowest BCUT2D eigenvalue weighted by Crippen LogP contribution is -2.59. The predicted molar refractivity (Wildman–Crippen MR) is 404 cm³/mol. The number of nitrogens with one attached hydrogen (secondary N) is 5. The van der Waals surface area contributed by atoms with Gasteiger partial charge < -0.3 is 132 Å². The summed E-state index contributed by atoms with van der Waals surface area (Å²) in [6.07, 6.45) is -0.0264. The van der Waals surface area contributed by atoms with Crippen LogP contribution in [0.5, 0.6) is 0 Å². The maximum Gasteiger partial charge on any atom is 0.407 e. The van der Waals surface area contributed by atoms with E-state index in [-0.39, 0.29) is 220 Å². The minimum absolute atomic E-state index is 0.0388. The minimum Gasteiger partial charge on any atom is -0.480 e. The number of nitrogens with zero attached hydrogens (tertiary/aromatic N) is 1. The average Bonchev–Trinajstić information content (AvgIpc) is 1.45. The number of alkyl carbamates (subject to hydrolysis) is 2. The van der Waals surface area contributed by atoms with Crippen LogP contribution < -0.4 is 32.3 Å². The van der Waals surface area contributed by atoms with Gasteiger partial charge in [0.1, 0.15) is 43.2 Å². The fourth-order valence-corrected chi connectivity index (χ4v) is 8.16. The van der Waals surface area contributed by atoms with Gasteiger partial charge in [0.15, 0.2) is 0 Å². The van der Waals surface area contributed by atoms with Crippen molar-refractivity contribution in [3.05, 3.63) is 0 Å². The smallest absolute Gasteiger partial charge is 0.407 e. The molecule has 0 spiro atoms. The summed E-state index contributed by atoms with van der Waals surface area (Å²) < 4.78 is 104. The first kappa shape index (κ1) is 111. The van der Waals surface area contributed by atoms with Crippen LogP contribution in [0.4, 0.5) is 9.59 Å². The average molecular weight is 1670 g/mol. The quantitative estimate of drug-likeness (QED) is 0.0189. The molecule has 1 fully saturated rings. The number of esters is 6. The zero-order valence-corrected chi connectivity index (χ0v) is 69.6. The van der Waals surface area contributed by atoms with E-state index in [4.69, 9.17) is 101 Å². The van der Waals surface area contributed by atoms with Gasteiger partial charge in [0.2, 0.25) is 29.5 Å². The summed E-state index contributed by atoms with van der Waals surface area (Å²) in [5, 5.41) is 21.4. The molecule has 0 saturated carbocycles. The summed E-state index contributed by atoms with van der Waals surface area (Å²) >= 11 is 0. The first-order valence-electron chi connectivity index (χ1n) is 38.0. The molecule has 0 unspecified atom stereocenters. The van der Waals surface area contributed by atoms with Crippen LogP contribution in [-0.4, -0.2) is 347 Å². The van der Waals surface area contributed by atoms with Crippen molar-refractivity contribution in [2.75, 3.05) is 231 Å². The number of ether oxygens (including phenoxy) is 20. The number of carbonyl (C=O) groups is 14. The molecule has 8 N–H and O–H groups in total. The summed E-state index contributed by atoms with van der Waals surface area (Å²) in [6.45, 7) is 24.1. The molecule has 115 heavy (non-hydrogen) atoms. The molecular formula is C73H131N7O35. The van der Waals surface area contributed by atoms with E-state index < -0.39 is 95.9 Å². The van der Waals surface area contributed by atoms with Crippen LogP contribution in [0, 0.1) is 0 Å². The number of hydrogen-bond donors (Lipinski definition) is 7. The molecule has 0 atom stereocenters. The molecule has 668 valence electrons. The second-order valence-electron chi connectivity index (χ2n) is 26.1. The van der Waals surface area contributed by atoms with E-state index >= 15 is 0 Å². The topological polar surface area (TPSA) is 533 Å². The first-order chi connectivity index (χ1) is 54.5. The van der Waals surface area contributed by atoms with Crippen molar-refractivity contribution in [1.82, 2.24) is 31.5 Å². The Morgan fingerprint density at radius 2 is 0.600 bits per heavy atom. The van der Waals surface area contributed by atoms with Crippen molar-refractivity contribution in [2.45, 2.75) is 157 Å². The Hall–Kier alpha value is -8.14. The summed E-state index contributed by atoms with van der Waals surface area (Å²) in [4.78, 5) is 161. The molecule has 0 aromatic carbocycles. The summed E-state index contributed by atoms with van der Waals surface area (Å²) in [7, 11) is 1.51. The summed E-state index contributed by atoms with van der Waals surface area (Å²) in [5.41, 5.74) is 2.82. The van der Waals surface area contributed by atoms with Crippen LogP contribution in [0.3, 0.4) is 0 Å². The van der Waals surface area contributed by atoms with Crippen LogP contribution >= 0.6 is 0 Å². The zero-order valence-electron chi connectivity index (χ0n) is 69.6. The van der Waals surface area contributed by atoms with E-state index in [1.165, 1.54) is 11.9 Å². The Morgan fingerprint density at radius 1 is 0.348 bits per heavy atom.